The fraction of sp³-hybridized carbons (Fsp3) is 0.111. The molecular formula is C9H9O6P. The van der Waals surface area contributed by atoms with Crippen LogP contribution in [-0.2, 0) is 4.57 Å². The van der Waals surface area contributed by atoms with E-state index in [4.69, 9.17) is 9.79 Å². The standard InChI is InChI=1S/C9H9O6P/c1-6-2-7(4-10)9(8(3-6)5-11)15-16(12,13)14/h2-5H,1H3,(H2,12,13,14). The van der Waals surface area contributed by atoms with E-state index >= 15 is 0 Å². The zero-order valence-corrected chi connectivity index (χ0v) is 9.18. The molecule has 16 heavy (non-hydrogen) atoms. The van der Waals surface area contributed by atoms with Gasteiger partial charge in [0.05, 0.1) is 11.1 Å². The first-order valence-electron chi connectivity index (χ1n) is 4.17. The second-order valence-corrected chi connectivity index (χ2v) is 4.25. The van der Waals surface area contributed by atoms with E-state index in [-0.39, 0.29) is 11.1 Å². The van der Waals surface area contributed by atoms with Crippen LogP contribution in [0.1, 0.15) is 26.3 Å². The van der Waals surface area contributed by atoms with E-state index in [0.29, 0.717) is 18.1 Å². The van der Waals surface area contributed by atoms with Crippen molar-refractivity contribution in [3.8, 4) is 5.75 Å². The zero-order chi connectivity index (χ0) is 12.3. The summed E-state index contributed by atoms with van der Waals surface area (Å²) in [6.45, 7) is 1.64. The third-order valence-electron chi connectivity index (χ3n) is 1.75. The summed E-state index contributed by atoms with van der Waals surface area (Å²) in [7, 11) is -4.80. The molecule has 0 bridgehead atoms. The molecule has 1 aromatic carbocycles. The van der Waals surface area contributed by atoms with Crippen LogP contribution in [0.15, 0.2) is 12.1 Å². The van der Waals surface area contributed by atoms with E-state index in [1.165, 1.54) is 12.1 Å². The molecule has 6 nitrogen and oxygen atoms in total. The molecule has 0 aromatic heterocycles. The van der Waals surface area contributed by atoms with Crippen LogP contribution < -0.4 is 4.52 Å². The van der Waals surface area contributed by atoms with Gasteiger partial charge in [-0.05, 0) is 24.6 Å². The van der Waals surface area contributed by atoms with Crippen LogP contribution in [0, 0.1) is 6.92 Å². The molecule has 1 aromatic rings. The van der Waals surface area contributed by atoms with Gasteiger partial charge < -0.3 is 4.52 Å². The Morgan fingerprint density at radius 1 is 1.19 bits per heavy atom. The van der Waals surface area contributed by atoms with Gasteiger partial charge in [0.2, 0.25) is 0 Å². The second-order valence-electron chi connectivity index (χ2n) is 3.09. The van der Waals surface area contributed by atoms with Crippen molar-refractivity contribution >= 4 is 20.4 Å². The Morgan fingerprint density at radius 3 is 1.94 bits per heavy atom. The minimum Gasteiger partial charge on any atom is -0.403 e. The summed E-state index contributed by atoms with van der Waals surface area (Å²) >= 11 is 0. The summed E-state index contributed by atoms with van der Waals surface area (Å²) in [6.07, 6.45) is 0.732. The fourth-order valence-electron chi connectivity index (χ4n) is 1.23. The quantitative estimate of drug-likeness (QED) is 0.607. The highest BCUT2D eigenvalue weighted by Gasteiger charge is 2.21. The molecule has 86 valence electrons. The molecule has 0 unspecified atom stereocenters. The number of benzene rings is 1. The molecule has 0 saturated heterocycles. The van der Waals surface area contributed by atoms with Crippen molar-refractivity contribution in [1.29, 1.82) is 0 Å². The van der Waals surface area contributed by atoms with Crippen molar-refractivity contribution in [1.82, 2.24) is 0 Å². The first-order chi connectivity index (χ1) is 7.37. The molecule has 0 aliphatic heterocycles. The van der Waals surface area contributed by atoms with Crippen LogP contribution in [-0.4, -0.2) is 22.4 Å². The number of hydrogen-bond acceptors (Lipinski definition) is 4. The van der Waals surface area contributed by atoms with Gasteiger partial charge in [0, 0.05) is 0 Å². The predicted molar refractivity (Wildman–Crippen MR) is 54.6 cm³/mol. The second kappa shape index (κ2) is 4.57. The molecule has 0 atom stereocenters. The van der Waals surface area contributed by atoms with Crippen LogP contribution in [0.3, 0.4) is 0 Å². The molecule has 1 rings (SSSR count). The molecule has 0 aliphatic carbocycles. The van der Waals surface area contributed by atoms with Crippen LogP contribution >= 0.6 is 7.82 Å². The van der Waals surface area contributed by atoms with E-state index in [9.17, 15) is 14.2 Å². The Morgan fingerprint density at radius 2 is 1.62 bits per heavy atom. The molecule has 2 N–H and O–H groups in total. The van der Waals surface area contributed by atoms with Gasteiger partial charge in [-0.15, -0.1) is 0 Å². The molecule has 7 heteroatoms. The summed E-state index contributed by atoms with van der Waals surface area (Å²) in [5.41, 5.74) is 0.457. The normalized spacial score (nSPS) is 10.9. The van der Waals surface area contributed by atoms with Crippen LogP contribution in [0.4, 0.5) is 0 Å². The lowest BCUT2D eigenvalue weighted by molar-refractivity contribution is 0.112. The molecule has 0 fully saturated rings. The molecule has 0 aliphatic rings. The lowest BCUT2D eigenvalue weighted by atomic mass is 10.1. The average Bonchev–Trinajstić information content (AvgIpc) is 2.18. The largest absolute Gasteiger partial charge is 0.524 e. The summed E-state index contributed by atoms with van der Waals surface area (Å²) in [5.74, 6) is -0.399. The van der Waals surface area contributed by atoms with E-state index in [1.54, 1.807) is 6.92 Å². The van der Waals surface area contributed by atoms with Crippen molar-refractivity contribution in [2.75, 3.05) is 0 Å². The third kappa shape index (κ3) is 3.00. The van der Waals surface area contributed by atoms with Gasteiger partial charge in [0.15, 0.2) is 18.3 Å². The summed E-state index contributed by atoms with van der Waals surface area (Å²) < 4.78 is 15.0. The number of rotatable bonds is 4. The van der Waals surface area contributed by atoms with Crippen molar-refractivity contribution < 1.29 is 28.5 Å². The van der Waals surface area contributed by atoms with Gasteiger partial charge in [-0.1, -0.05) is 0 Å². The minimum absolute atomic E-state index is 0.0783. The highest BCUT2D eigenvalue weighted by Crippen LogP contribution is 2.40. The number of carbonyl (C=O) groups is 2. The van der Waals surface area contributed by atoms with Crippen molar-refractivity contribution in [2.45, 2.75) is 6.92 Å². The van der Waals surface area contributed by atoms with E-state index in [2.05, 4.69) is 4.52 Å². The van der Waals surface area contributed by atoms with Crippen molar-refractivity contribution in [3.63, 3.8) is 0 Å². The van der Waals surface area contributed by atoms with Crippen LogP contribution in [0.25, 0.3) is 0 Å². The monoisotopic (exact) mass is 244 g/mol. The highest BCUT2D eigenvalue weighted by atomic mass is 31.2. The first kappa shape index (κ1) is 12.6. The Bertz CT molecular complexity index is 446. The Labute approximate surface area is 91.1 Å². The molecule has 0 spiro atoms. The smallest absolute Gasteiger partial charge is 0.403 e. The zero-order valence-electron chi connectivity index (χ0n) is 8.28. The SMILES string of the molecule is Cc1cc(C=O)c(OP(=O)(O)O)c(C=O)c1. The number of phosphoric ester groups is 1. The van der Waals surface area contributed by atoms with Crippen molar-refractivity contribution in [2.24, 2.45) is 0 Å². The Kier molecular flexibility index (Phi) is 3.59. The first-order valence-corrected chi connectivity index (χ1v) is 5.70. The molecule has 0 heterocycles. The van der Waals surface area contributed by atoms with Gasteiger partial charge in [-0.2, -0.15) is 0 Å². The maximum absolute atomic E-state index is 10.7. The van der Waals surface area contributed by atoms with Gasteiger partial charge in [0.25, 0.3) is 0 Å². The summed E-state index contributed by atoms with van der Waals surface area (Å²) in [6, 6.07) is 2.73. The third-order valence-corrected chi connectivity index (χ3v) is 2.18. The molecule has 0 saturated carbocycles. The number of aldehydes is 2. The Balaban J connectivity index is 3.39. The van der Waals surface area contributed by atoms with Crippen LogP contribution in [0.2, 0.25) is 0 Å². The van der Waals surface area contributed by atoms with Gasteiger partial charge in [0.1, 0.15) is 0 Å². The highest BCUT2D eigenvalue weighted by molar-refractivity contribution is 7.46. The fourth-order valence-corrected chi connectivity index (χ4v) is 1.68. The lowest BCUT2D eigenvalue weighted by Gasteiger charge is -2.11. The van der Waals surface area contributed by atoms with Gasteiger partial charge >= 0.3 is 7.82 Å². The molecule has 0 amide bonds. The van der Waals surface area contributed by atoms with Crippen LogP contribution in [0.5, 0.6) is 5.75 Å². The minimum atomic E-state index is -4.80. The van der Waals surface area contributed by atoms with E-state index in [0.717, 1.165) is 0 Å². The molecular weight excluding hydrogens is 235 g/mol. The number of aryl methyl sites for hydroxylation is 1. The maximum Gasteiger partial charge on any atom is 0.524 e. The number of phosphoric acid groups is 1. The number of carbonyl (C=O) groups excluding carboxylic acids is 2. The molecule has 0 radical (unpaired) electrons. The van der Waals surface area contributed by atoms with Gasteiger partial charge in [-0.3, -0.25) is 19.4 Å². The van der Waals surface area contributed by atoms with E-state index in [1.807, 2.05) is 0 Å². The predicted octanol–water partition coefficient (Wildman–Crippen LogP) is 1.09. The topological polar surface area (TPSA) is 101 Å². The maximum atomic E-state index is 10.7. The lowest BCUT2D eigenvalue weighted by Crippen LogP contribution is -1.99. The van der Waals surface area contributed by atoms with E-state index < -0.39 is 13.6 Å². The van der Waals surface area contributed by atoms with Gasteiger partial charge in [-0.25, -0.2) is 4.57 Å². The van der Waals surface area contributed by atoms with Crippen molar-refractivity contribution in [3.05, 3.63) is 28.8 Å². The Hall–Kier alpha value is -1.49. The number of hydrogen-bond donors (Lipinski definition) is 2. The summed E-state index contributed by atoms with van der Waals surface area (Å²) in [4.78, 5) is 38.6. The average molecular weight is 244 g/mol. The summed E-state index contributed by atoms with van der Waals surface area (Å²) in [5, 5.41) is 0.